The van der Waals surface area contributed by atoms with Gasteiger partial charge in [-0.1, -0.05) is 12.1 Å². The summed E-state index contributed by atoms with van der Waals surface area (Å²) in [5.74, 6) is -1.11. The number of ether oxygens (including phenoxy) is 1. The number of hydrogen-bond acceptors (Lipinski definition) is 4. The molecule has 1 N–H and O–H groups in total. The molecule has 1 amide bonds. The molecule has 1 aromatic heterocycles. The molecule has 0 radical (unpaired) electrons. The number of pyridine rings is 1. The Morgan fingerprint density at radius 2 is 2.09 bits per heavy atom. The number of hydrogen-bond donors (Lipinski definition) is 1. The summed E-state index contributed by atoms with van der Waals surface area (Å²) >= 11 is 0. The highest BCUT2D eigenvalue weighted by atomic mass is 16.6. The molecule has 2 heterocycles. The van der Waals surface area contributed by atoms with E-state index in [9.17, 15) is 14.7 Å². The molecule has 1 aromatic rings. The third-order valence-electron chi connectivity index (χ3n) is 2.90. The Kier molecular flexibility index (Phi) is 4.30. The summed E-state index contributed by atoms with van der Waals surface area (Å²) < 4.78 is 5.25. The summed E-state index contributed by atoms with van der Waals surface area (Å²) in [6, 6.07) is 3.51. The van der Waals surface area contributed by atoms with Gasteiger partial charge in [0.25, 0.3) is 0 Å². The maximum atomic E-state index is 12.0. The fraction of sp³-hybridized carbons (Fsp3) is 0.312. The van der Waals surface area contributed by atoms with E-state index in [-0.39, 0.29) is 12.1 Å². The van der Waals surface area contributed by atoms with Gasteiger partial charge in [0.05, 0.1) is 5.57 Å². The van der Waals surface area contributed by atoms with Crippen LogP contribution in [0.4, 0.5) is 4.79 Å². The molecule has 0 atom stereocenters. The van der Waals surface area contributed by atoms with E-state index in [4.69, 9.17) is 4.74 Å². The van der Waals surface area contributed by atoms with E-state index in [1.165, 1.54) is 11.1 Å². The summed E-state index contributed by atoms with van der Waals surface area (Å²) in [5.41, 5.74) is 0.632. The fourth-order valence-electron chi connectivity index (χ4n) is 1.99. The molecule has 0 spiro atoms. The van der Waals surface area contributed by atoms with Gasteiger partial charge >= 0.3 is 12.1 Å². The van der Waals surface area contributed by atoms with E-state index in [2.05, 4.69) is 4.98 Å². The minimum absolute atomic E-state index is 0.0325. The summed E-state index contributed by atoms with van der Waals surface area (Å²) in [4.78, 5) is 28.8. The number of carboxylic acid groups (broad SMARTS) is 1. The van der Waals surface area contributed by atoms with Gasteiger partial charge in [0, 0.05) is 30.7 Å². The van der Waals surface area contributed by atoms with Crippen molar-refractivity contribution in [3.05, 3.63) is 47.9 Å². The molecule has 0 saturated heterocycles. The monoisotopic (exact) mass is 302 g/mol. The van der Waals surface area contributed by atoms with Gasteiger partial charge in [-0.25, -0.2) is 9.59 Å². The lowest BCUT2D eigenvalue weighted by atomic mass is 9.97. The van der Waals surface area contributed by atoms with Crippen LogP contribution in [0.15, 0.2) is 42.4 Å². The van der Waals surface area contributed by atoms with Crippen LogP contribution in [0.25, 0.3) is 5.57 Å². The molecule has 1 aliphatic heterocycles. The van der Waals surface area contributed by atoms with Gasteiger partial charge in [0.1, 0.15) is 5.60 Å². The van der Waals surface area contributed by atoms with Crippen molar-refractivity contribution in [1.82, 2.24) is 9.88 Å². The minimum atomic E-state index is -1.11. The summed E-state index contributed by atoms with van der Waals surface area (Å²) in [5, 5.41) is 9.39. The van der Waals surface area contributed by atoms with Crippen LogP contribution in [-0.4, -0.2) is 39.2 Å². The van der Waals surface area contributed by atoms with Crippen molar-refractivity contribution in [2.45, 2.75) is 26.4 Å². The van der Waals surface area contributed by atoms with Crippen molar-refractivity contribution < 1.29 is 19.4 Å². The molecule has 2 rings (SSSR count). The second kappa shape index (κ2) is 6.01. The summed E-state index contributed by atoms with van der Waals surface area (Å²) in [6.45, 7) is 5.52. The fourth-order valence-corrected chi connectivity index (χ4v) is 1.99. The summed E-state index contributed by atoms with van der Waals surface area (Å²) in [7, 11) is 0. The Labute approximate surface area is 128 Å². The first kappa shape index (κ1) is 15.8. The predicted molar refractivity (Wildman–Crippen MR) is 80.9 cm³/mol. The topological polar surface area (TPSA) is 79.7 Å². The van der Waals surface area contributed by atoms with E-state index in [0.717, 1.165) is 0 Å². The number of aliphatic carboxylic acids is 1. The highest BCUT2D eigenvalue weighted by molar-refractivity contribution is 6.06. The van der Waals surface area contributed by atoms with E-state index < -0.39 is 17.7 Å². The van der Waals surface area contributed by atoms with E-state index in [0.29, 0.717) is 11.1 Å². The van der Waals surface area contributed by atoms with Crippen molar-refractivity contribution in [2.75, 3.05) is 6.54 Å². The molecule has 1 aliphatic rings. The SMILES string of the molecule is CC(C)(C)OC(=O)N1C=C(C(=O)O)C(c2cccnc2)=CC1. The van der Waals surface area contributed by atoms with Crippen molar-refractivity contribution in [3.63, 3.8) is 0 Å². The molecule has 0 saturated carbocycles. The first-order valence-electron chi connectivity index (χ1n) is 6.83. The van der Waals surface area contributed by atoms with E-state index in [1.807, 2.05) is 0 Å². The zero-order valence-corrected chi connectivity index (χ0v) is 12.7. The number of amides is 1. The predicted octanol–water partition coefficient (Wildman–Crippen LogP) is 2.68. The molecule has 0 aromatic carbocycles. The van der Waals surface area contributed by atoms with Crippen LogP contribution in [0.1, 0.15) is 26.3 Å². The molecule has 0 aliphatic carbocycles. The zero-order chi connectivity index (χ0) is 16.3. The second-order valence-electron chi connectivity index (χ2n) is 5.84. The van der Waals surface area contributed by atoms with Crippen molar-refractivity contribution >= 4 is 17.6 Å². The van der Waals surface area contributed by atoms with Gasteiger partial charge in [-0.2, -0.15) is 0 Å². The molecular weight excluding hydrogens is 284 g/mol. The normalized spacial score (nSPS) is 15.0. The molecule has 6 heteroatoms. The van der Waals surface area contributed by atoms with Gasteiger partial charge in [0.2, 0.25) is 0 Å². The smallest absolute Gasteiger partial charge is 0.414 e. The Balaban J connectivity index is 2.27. The highest BCUT2D eigenvalue weighted by Crippen LogP contribution is 2.27. The Bertz CT molecular complexity index is 642. The van der Waals surface area contributed by atoms with E-state index >= 15 is 0 Å². The molecule has 0 unspecified atom stereocenters. The number of carbonyl (C=O) groups is 2. The Hall–Kier alpha value is -2.63. The lowest BCUT2D eigenvalue weighted by Gasteiger charge is -2.27. The van der Waals surface area contributed by atoms with Crippen molar-refractivity contribution in [3.8, 4) is 0 Å². The molecule has 116 valence electrons. The third-order valence-corrected chi connectivity index (χ3v) is 2.90. The number of carboxylic acids is 1. The van der Waals surface area contributed by atoms with Gasteiger partial charge in [-0.3, -0.25) is 9.88 Å². The van der Waals surface area contributed by atoms with Crippen LogP contribution in [0.5, 0.6) is 0 Å². The lowest BCUT2D eigenvalue weighted by Crippen LogP contribution is -2.35. The average molecular weight is 302 g/mol. The largest absolute Gasteiger partial charge is 0.478 e. The maximum Gasteiger partial charge on any atom is 0.414 e. The van der Waals surface area contributed by atoms with Crippen LogP contribution >= 0.6 is 0 Å². The minimum Gasteiger partial charge on any atom is -0.478 e. The number of nitrogens with zero attached hydrogens (tertiary/aromatic N) is 2. The Morgan fingerprint density at radius 1 is 1.36 bits per heavy atom. The molecule has 6 nitrogen and oxygen atoms in total. The lowest BCUT2D eigenvalue weighted by molar-refractivity contribution is -0.132. The van der Waals surface area contributed by atoms with Crippen molar-refractivity contribution in [1.29, 1.82) is 0 Å². The van der Waals surface area contributed by atoms with Gasteiger partial charge in [-0.05, 0) is 32.4 Å². The van der Waals surface area contributed by atoms with Gasteiger partial charge in [-0.15, -0.1) is 0 Å². The van der Waals surface area contributed by atoms with Crippen LogP contribution < -0.4 is 0 Å². The quantitative estimate of drug-likeness (QED) is 0.908. The Morgan fingerprint density at radius 3 is 2.64 bits per heavy atom. The number of carbonyl (C=O) groups excluding carboxylic acids is 1. The standard InChI is InChI=1S/C16H18N2O4/c1-16(2,3)22-15(21)18-8-6-12(13(10-18)14(19)20)11-5-4-7-17-9-11/h4-7,9-10H,8H2,1-3H3,(H,19,20). The summed E-state index contributed by atoms with van der Waals surface area (Å²) in [6.07, 6.45) is 5.62. The molecular formula is C16H18N2O4. The first-order chi connectivity index (χ1) is 10.3. The van der Waals surface area contributed by atoms with Crippen LogP contribution in [0.2, 0.25) is 0 Å². The average Bonchev–Trinajstić information content (AvgIpc) is 2.45. The number of rotatable bonds is 2. The van der Waals surface area contributed by atoms with Gasteiger partial charge < -0.3 is 9.84 Å². The third kappa shape index (κ3) is 3.72. The number of aromatic nitrogens is 1. The highest BCUT2D eigenvalue weighted by Gasteiger charge is 2.26. The van der Waals surface area contributed by atoms with Crippen molar-refractivity contribution in [2.24, 2.45) is 0 Å². The first-order valence-corrected chi connectivity index (χ1v) is 6.83. The second-order valence-corrected chi connectivity index (χ2v) is 5.84. The van der Waals surface area contributed by atoms with Crippen LogP contribution in [-0.2, 0) is 9.53 Å². The maximum absolute atomic E-state index is 12.0. The van der Waals surface area contributed by atoms with Crippen LogP contribution in [0, 0.1) is 0 Å². The molecule has 22 heavy (non-hydrogen) atoms. The van der Waals surface area contributed by atoms with Gasteiger partial charge in [0.15, 0.2) is 0 Å². The zero-order valence-electron chi connectivity index (χ0n) is 12.7. The molecule has 0 bridgehead atoms. The van der Waals surface area contributed by atoms with E-state index in [1.54, 1.807) is 51.4 Å². The van der Waals surface area contributed by atoms with Crippen LogP contribution in [0.3, 0.4) is 0 Å². The molecule has 0 fully saturated rings.